The standard InChI is InChI=1S/C38H38N6O4S/c1-4-29-23-30(15-17-40-29)42-18-20-43(21-19-42)38(33-24-31(47-3)12-14-35(33)48-5-2)26-44(34-13-11-27(25-39)22-32(34)38)49(45,46)36-10-6-8-28-9-7-16-41-37(28)36/h6-17,22-24H,4-5,18-21,26H2,1-3H3. The largest absolute Gasteiger partial charge is 0.497 e. The minimum absolute atomic E-state index is 0.0608. The summed E-state index contributed by atoms with van der Waals surface area (Å²) in [5, 5.41) is 10.8. The van der Waals surface area contributed by atoms with E-state index in [-0.39, 0.29) is 11.4 Å². The average Bonchev–Trinajstić information content (AvgIpc) is 3.51. The first-order chi connectivity index (χ1) is 23.8. The fourth-order valence-electron chi connectivity index (χ4n) is 7.26. The predicted molar refractivity (Wildman–Crippen MR) is 190 cm³/mol. The summed E-state index contributed by atoms with van der Waals surface area (Å²) in [6.45, 7) is 7.15. The third kappa shape index (κ3) is 5.51. The Morgan fingerprint density at radius 2 is 1.71 bits per heavy atom. The van der Waals surface area contributed by atoms with Crippen LogP contribution in [0.1, 0.15) is 36.2 Å². The molecule has 0 radical (unpaired) electrons. The Labute approximate surface area is 287 Å². The van der Waals surface area contributed by atoms with Gasteiger partial charge in [-0.3, -0.25) is 19.2 Å². The molecular weight excluding hydrogens is 637 g/mol. The van der Waals surface area contributed by atoms with E-state index in [1.807, 2.05) is 55.6 Å². The maximum Gasteiger partial charge on any atom is 0.266 e. The van der Waals surface area contributed by atoms with Gasteiger partial charge in [0, 0.05) is 66.5 Å². The number of aryl methyl sites for hydroxylation is 1. The maximum absolute atomic E-state index is 14.9. The van der Waals surface area contributed by atoms with Crippen LogP contribution in [-0.2, 0) is 22.0 Å². The number of hydrogen-bond acceptors (Lipinski definition) is 9. The quantitative estimate of drug-likeness (QED) is 0.193. The number of fused-ring (bicyclic) bond motifs is 2. The lowest BCUT2D eigenvalue weighted by molar-refractivity contribution is 0.124. The highest BCUT2D eigenvalue weighted by molar-refractivity contribution is 7.93. The van der Waals surface area contributed by atoms with Crippen LogP contribution >= 0.6 is 0 Å². The maximum atomic E-state index is 14.9. The van der Waals surface area contributed by atoms with Crippen LogP contribution in [0.2, 0.25) is 0 Å². The van der Waals surface area contributed by atoms with Crippen molar-refractivity contribution in [2.24, 2.45) is 0 Å². The number of piperazine rings is 1. The molecule has 2 aliphatic heterocycles. The molecule has 0 saturated carbocycles. The third-order valence-corrected chi connectivity index (χ3v) is 11.4. The number of nitriles is 1. The molecule has 4 heterocycles. The van der Waals surface area contributed by atoms with Crippen molar-refractivity contribution in [2.75, 3.05) is 55.6 Å². The number of sulfonamides is 1. The van der Waals surface area contributed by atoms with Crippen LogP contribution in [0.4, 0.5) is 11.4 Å². The van der Waals surface area contributed by atoms with E-state index >= 15 is 0 Å². The number of aromatic nitrogens is 2. The summed E-state index contributed by atoms with van der Waals surface area (Å²) in [5.41, 5.74) is 4.00. The number of hydrogen-bond donors (Lipinski definition) is 0. The summed E-state index contributed by atoms with van der Waals surface area (Å²) < 4.78 is 43.4. The van der Waals surface area contributed by atoms with Crippen LogP contribution in [-0.4, -0.2) is 69.7 Å². The monoisotopic (exact) mass is 674 g/mol. The van der Waals surface area contributed by atoms with Crippen molar-refractivity contribution < 1.29 is 17.9 Å². The van der Waals surface area contributed by atoms with E-state index in [4.69, 9.17) is 9.47 Å². The van der Waals surface area contributed by atoms with E-state index in [9.17, 15) is 13.7 Å². The molecule has 10 nitrogen and oxygen atoms in total. The zero-order valence-corrected chi connectivity index (χ0v) is 28.7. The predicted octanol–water partition coefficient (Wildman–Crippen LogP) is 5.75. The molecule has 0 aliphatic carbocycles. The molecule has 0 N–H and O–H groups in total. The molecule has 0 amide bonds. The number of para-hydroxylation sites is 1. The molecule has 3 aromatic carbocycles. The van der Waals surface area contributed by atoms with E-state index in [1.165, 1.54) is 4.31 Å². The molecule has 0 bridgehead atoms. The first-order valence-electron chi connectivity index (χ1n) is 16.5. The summed E-state index contributed by atoms with van der Waals surface area (Å²) in [7, 11) is -2.53. The van der Waals surface area contributed by atoms with E-state index in [0.717, 1.165) is 34.3 Å². The fraction of sp³-hybridized carbons (Fsp3) is 0.289. The van der Waals surface area contributed by atoms with Crippen LogP contribution < -0.4 is 18.7 Å². The van der Waals surface area contributed by atoms with E-state index in [1.54, 1.807) is 43.6 Å². The molecule has 1 atom stereocenters. The number of methoxy groups -OCH3 is 1. The minimum Gasteiger partial charge on any atom is -0.497 e. The second-order valence-electron chi connectivity index (χ2n) is 12.2. The van der Waals surface area contributed by atoms with Crippen molar-refractivity contribution in [1.29, 1.82) is 5.26 Å². The molecule has 7 rings (SSSR count). The Hall–Kier alpha value is -5.18. The van der Waals surface area contributed by atoms with Crippen LogP contribution in [0.3, 0.4) is 0 Å². The van der Waals surface area contributed by atoms with Crippen molar-refractivity contribution in [3.05, 3.63) is 114 Å². The van der Waals surface area contributed by atoms with Crippen LogP contribution in [0.25, 0.3) is 10.9 Å². The van der Waals surface area contributed by atoms with Gasteiger partial charge in [-0.15, -0.1) is 0 Å². The summed E-state index contributed by atoms with van der Waals surface area (Å²) in [6, 6.07) is 26.3. The smallest absolute Gasteiger partial charge is 0.266 e. The molecule has 1 unspecified atom stereocenters. The van der Waals surface area contributed by atoms with Crippen LogP contribution in [0.15, 0.2) is 96.2 Å². The van der Waals surface area contributed by atoms with Crippen molar-refractivity contribution in [1.82, 2.24) is 14.9 Å². The Morgan fingerprint density at radius 1 is 0.898 bits per heavy atom. The summed E-state index contributed by atoms with van der Waals surface area (Å²) >= 11 is 0. The molecular formula is C38H38N6O4S. The highest BCUT2D eigenvalue weighted by atomic mass is 32.2. The van der Waals surface area contributed by atoms with Gasteiger partial charge in [-0.25, -0.2) is 8.42 Å². The van der Waals surface area contributed by atoms with Crippen molar-refractivity contribution in [3.8, 4) is 17.6 Å². The highest BCUT2D eigenvalue weighted by Gasteiger charge is 2.54. The van der Waals surface area contributed by atoms with Gasteiger partial charge in [0.2, 0.25) is 0 Å². The number of rotatable bonds is 9. The molecule has 2 aromatic heterocycles. The van der Waals surface area contributed by atoms with Crippen molar-refractivity contribution in [2.45, 2.75) is 30.7 Å². The van der Waals surface area contributed by atoms with Gasteiger partial charge in [-0.05, 0) is 74.0 Å². The SMILES string of the molecule is CCOc1ccc(OC)cc1C1(N2CCN(c3ccnc(CC)c3)CC2)CN(S(=O)(=O)c2cccc3cccnc23)c2ccc(C#N)cc21. The Balaban J connectivity index is 1.42. The number of nitrogens with zero attached hydrogens (tertiary/aromatic N) is 6. The Morgan fingerprint density at radius 3 is 2.47 bits per heavy atom. The van der Waals surface area contributed by atoms with Crippen molar-refractivity contribution in [3.63, 3.8) is 0 Å². The molecule has 2 aliphatic rings. The number of anilines is 2. The fourth-order valence-corrected chi connectivity index (χ4v) is 8.94. The van der Waals surface area contributed by atoms with Gasteiger partial charge in [0.05, 0.1) is 48.6 Å². The van der Waals surface area contributed by atoms with E-state index < -0.39 is 15.6 Å². The average molecular weight is 675 g/mol. The van der Waals surface area contributed by atoms with Crippen LogP contribution in [0, 0.1) is 11.3 Å². The van der Waals surface area contributed by atoms with Gasteiger partial charge in [-0.1, -0.05) is 25.1 Å². The zero-order valence-electron chi connectivity index (χ0n) is 27.8. The van der Waals surface area contributed by atoms with Gasteiger partial charge in [0.25, 0.3) is 10.0 Å². The minimum atomic E-state index is -4.15. The first-order valence-corrected chi connectivity index (χ1v) is 18.0. The molecule has 0 spiro atoms. The van der Waals surface area contributed by atoms with Crippen LogP contribution in [0.5, 0.6) is 11.5 Å². The lowest BCUT2D eigenvalue weighted by atomic mass is 9.81. The number of benzene rings is 3. The van der Waals surface area contributed by atoms with E-state index in [0.29, 0.717) is 61.1 Å². The normalized spacial score (nSPS) is 17.9. The van der Waals surface area contributed by atoms with Gasteiger partial charge in [0.1, 0.15) is 16.4 Å². The number of ether oxygens (including phenoxy) is 2. The topological polar surface area (TPSA) is 112 Å². The molecule has 11 heteroatoms. The number of pyridine rings is 2. The summed E-state index contributed by atoms with van der Waals surface area (Å²) in [5.74, 6) is 1.25. The zero-order chi connectivity index (χ0) is 34.2. The molecule has 250 valence electrons. The molecule has 1 fully saturated rings. The van der Waals surface area contributed by atoms with Crippen molar-refractivity contribution >= 4 is 32.3 Å². The highest BCUT2D eigenvalue weighted by Crippen LogP contribution is 2.53. The van der Waals surface area contributed by atoms with Gasteiger partial charge >= 0.3 is 0 Å². The molecule has 5 aromatic rings. The Bertz CT molecular complexity index is 2170. The van der Waals surface area contributed by atoms with Gasteiger partial charge in [0.15, 0.2) is 0 Å². The van der Waals surface area contributed by atoms with Gasteiger partial charge < -0.3 is 14.4 Å². The second-order valence-corrected chi connectivity index (χ2v) is 14.0. The second kappa shape index (κ2) is 13.0. The Kier molecular flexibility index (Phi) is 8.61. The summed E-state index contributed by atoms with van der Waals surface area (Å²) in [6.07, 6.45) is 4.31. The lowest BCUT2D eigenvalue weighted by Gasteiger charge is -2.47. The summed E-state index contributed by atoms with van der Waals surface area (Å²) in [4.78, 5) is 13.8. The molecule has 49 heavy (non-hydrogen) atoms. The first kappa shape index (κ1) is 32.4. The molecule has 1 saturated heterocycles. The van der Waals surface area contributed by atoms with Gasteiger partial charge in [-0.2, -0.15) is 5.26 Å². The van der Waals surface area contributed by atoms with E-state index in [2.05, 4.69) is 38.8 Å². The third-order valence-electron chi connectivity index (χ3n) is 9.66. The lowest BCUT2D eigenvalue weighted by Crippen LogP contribution is -2.58.